The highest BCUT2D eigenvalue weighted by atomic mass is 16.2. The third-order valence-corrected chi connectivity index (χ3v) is 4.71. The lowest BCUT2D eigenvalue weighted by atomic mass is 10.1. The quantitative estimate of drug-likeness (QED) is 0.836. The maximum Gasteiger partial charge on any atom is 0.254 e. The van der Waals surface area contributed by atoms with E-state index >= 15 is 0 Å². The largest absolute Gasteiger partial charge is 0.330 e. The molecule has 4 heteroatoms. The summed E-state index contributed by atoms with van der Waals surface area (Å²) in [6.07, 6.45) is 2.19. The SMILES string of the molecule is CC(C)N1CC2CCC(C1)N2C(=O)c1cccc(C#N)c1. The molecule has 110 valence electrons. The van der Waals surface area contributed by atoms with E-state index in [0.29, 0.717) is 29.3 Å². The fourth-order valence-corrected chi connectivity index (χ4v) is 3.56. The molecule has 3 rings (SSSR count). The third kappa shape index (κ3) is 2.54. The highest BCUT2D eigenvalue weighted by molar-refractivity contribution is 5.95. The summed E-state index contributed by atoms with van der Waals surface area (Å²) < 4.78 is 0. The predicted octanol–water partition coefficient (Wildman–Crippen LogP) is 2.26. The number of benzene rings is 1. The molecule has 1 aromatic rings. The second-order valence-corrected chi connectivity index (χ2v) is 6.34. The number of hydrogen-bond donors (Lipinski definition) is 0. The smallest absolute Gasteiger partial charge is 0.254 e. The Bertz CT molecular complexity index is 576. The Morgan fingerprint density at radius 3 is 2.52 bits per heavy atom. The lowest BCUT2D eigenvalue weighted by molar-refractivity contribution is 0.0349. The zero-order valence-corrected chi connectivity index (χ0v) is 12.6. The van der Waals surface area contributed by atoms with Crippen molar-refractivity contribution in [3.05, 3.63) is 35.4 Å². The minimum Gasteiger partial charge on any atom is -0.330 e. The highest BCUT2D eigenvalue weighted by Gasteiger charge is 2.43. The molecule has 0 aromatic heterocycles. The molecule has 2 heterocycles. The number of fused-ring (bicyclic) bond motifs is 2. The molecule has 2 aliphatic rings. The van der Waals surface area contributed by atoms with Gasteiger partial charge in [-0.15, -0.1) is 0 Å². The molecule has 2 atom stereocenters. The fraction of sp³-hybridized carbons (Fsp3) is 0.529. The van der Waals surface area contributed by atoms with Crippen molar-refractivity contribution in [3.63, 3.8) is 0 Å². The molecule has 0 spiro atoms. The van der Waals surface area contributed by atoms with Gasteiger partial charge in [-0.1, -0.05) is 6.07 Å². The van der Waals surface area contributed by atoms with Crippen LogP contribution in [0.4, 0.5) is 0 Å². The molecule has 2 aliphatic heterocycles. The molecule has 0 aliphatic carbocycles. The van der Waals surface area contributed by atoms with Crippen molar-refractivity contribution in [2.75, 3.05) is 13.1 Å². The van der Waals surface area contributed by atoms with Gasteiger partial charge in [0.15, 0.2) is 0 Å². The molecule has 2 saturated heterocycles. The number of hydrogen-bond acceptors (Lipinski definition) is 3. The van der Waals surface area contributed by atoms with Crippen molar-refractivity contribution >= 4 is 5.91 Å². The van der Waals surface area contributed by atoms with Gasteiger partial charge in [0.05, 0.1) is 11.6 Å². The Kier molecular flexibility index (Phi) is 3.69. The van der Waals surface area contributed by atoms with Crippen LogP contribution in [0.1, 0.15) is 42.6 Å². The molecular formula is C17H21N3O. The lowest BCUT2D eigenvalue weighted by Crippen LogP contribution is -2.57. The van der Waals surface area contributed by atoms with Gasteiger partial charge in [-0.05, 0) is 44.9 Å². The number of carbonyl (C=O) groups is 1. The first-order valence-corrected chi connectivity index (χ1v) is 7.67. The summed E-state index contributed by atoms with van der Waals surface area (Å²) in [5, 5.41) is 8.98. The van der Waals surface area contributed by atoms with Crippen molar-refractivity contribution in [3.8, 4) is 6.07 Å². The van der Waals surface area contributed by atoms with Crippen LogP contribution in [0, 0.1) is 11.3 Å². The van der Waals surface area contributed by atoms with Crippen molar-refractivity contribution in [2.24, 2.45) is 0 Å². The maximum absolute atomic E-state index is 12.8. The molecule has 2 fully saturated rings. The second kappa shape index (κ2) is 5.50. The molecule has 1 aromatic carbocycles. The average molecular weight is 283 g/mol. The second-order valence-electron chi connectivity index (χ2n) is 6.34. The van der Waals surface area contributed by atoms with Gasteiger partial charge in [0, 0.05) is 36.8 Å². The first-order valence-electron chi connectivity index (χ1n) is 7.67. The average Bonchev–Trinajstić information content (AvgIpc) is 2.76. The van der Waals surface area contributed by atoms with Crippen LogP contribution in [0.25, 0.3) is 0 Å². The van der Waals surface area contributed by atoms with E-state index in [1.807, 2.05) is 6.07 Å². The number of carbonyl (C=O) groups excluding carboxylic acids is 1. The molecule has 4 nitrogen and oxygen atoms in total. The summed E-state index contributed by atoms with van der Waals surface area (Å²) in [4.78, 5) is 17.3. The Labute approximate surface area is 126 Å². The predicted molar refractivity (Wildman–Crippen MR) is 80.8 cm³/mol. The monoisotopic (exact) mass is 283 g/mol. The summed E-state index contributed by atoms with van der Waals surface area (Å²) in [6, 6.07) is 10.3. The van der Waals surface area contributed by atoms with Gasteiger partial charge in [0.2, 0.25) is 0 Å². The van der Waals surface area contributed by atoms with E-state index in [4.69, 9.17) is 5.26 Å². The van der Waals surface area contributed by atoms with Gasteiger partial charge in [0.25, 0.3) is 5.91 Å². The summed E-state index contributed by atoms with van der Waals surface area (Å²) in [6.45, 7) is 6.37. The Hall–Kier alpha value is -1.86. The number of likely N-dealkylation sites (tertiary alicyclic amines) is 1. The first kappa shape index (κ1) is 14.1. The van der Waals surface area contributed by atoms with Crippen molar-refractivity contribution in [1.29, 1.82) is 5.26 Å². The van der Waals surface area contributed by atoms with E-state index in [-0.39, 0.29) is 5.91 Å². The van der Waals surface area contributed by atoms with Crippen molar-refractivity contribution in [1.82, 2.24) is 9.80 Å². The Morgan fingerprint density at radius 2 is 1.95 bits per heavy atom. The molecule has 0 saturated carbocycles. The van der Waals surface area contributed by atoms with E-state index in [0.717, 1.165) is 25.9 Å². The Morgan fingerprint density at radius 1 is 1.29 bits per heavy atom. The maximum atomic E-state index is 12.8. The normalized spacial score (nSPS) is 25.1. The minimum atomic E-state index is 0.0861. The van der Waals surface area contributed by atoms with Crippen LogP contribution >= 0.6 is 0 Å². The number of nitriles is 1. The van der Waals surface area contributed by atoms with Crippen LogP contribution in [-0.2, 0) is 0 Å². The molecule has 2 bridgehead atoms. The van der Waals surface area contributed by atoms with Crippen LogP contribution in [0.2, 0.25) is 0 Å². The molecule has 2 unspecified atom stereocenters. The van der Waals surface area contributed by atoms with Crippen molar-refractivity contribution < 1.29 is 4.79 Å². The third-order valence-electron chi connectivity index (χ3n) is 4.71. The number of nitrogens with zero attached hydrogens (tertiary/aromatic N) is 3. The zero-order chi connectivity index (χ0) is 15.0. The van der Waals surface area contributed by atoms with E-state index < -0.39 is 0 Å². The molecule has 1 amide bonds. The van der Waals surface area contributed by atoms with Gasteiger partial charge >= 0.3 is 0 Å². The van der Waals surface area contributed by atoms with Gasteiger partial charge < -0.3 is 4.90 Å². The van der Waals surface area contributed by atoms with E-state index in [9.17, 15) is 4.79 Å². The fourth-order valence-electron chi connectivity index (χ4n) is 3.56. The lowest BCUT2D eigenvalue weighted by Gasteiger charge is -2.42. The zero-order valence-electron chi connectivity index (χ0n) is 12.6. The standard InChI is InChI=1S/C17H21N3O/c1-12(2)19-10-15-6-7-16(11-19)20(15)17(21)14-5-3-4-13(8-14)9-18/h3-5,8,12,15-16H,6-7,10-11H2,1-2H3. The van der Waals surface area contributed by atoms with Crippen LogP contribution in [-0.4, -0.2) is 46.9 Å². The first-order chi connectivity index (χ1) is 10.1. The summed E-state index contributed by atoms with van der Waals surface area (Å²) in [7, 11) is 0. The summed E-state index contributed by atoms with van der Waals surface area (Å²) >= 11 is 0. The van der Waals surface area contributed by atoms with Gasteiger partial charge in [-0.2, -0.15) is 5.26 Å². The van der Waals surface area contributed by atoms with Crippen LogP contribution in [0.3, 0.4) is 0 Å². The van der Waals surface area contributed by atoms with E-state index in [1.54, 1.807) is 18.2 Å². The van der Waals surface area contributed by atoms with E-state index in [1.165, 1.54) is 0 Å². The number of amides is 1. The topological polar surface area (TPSA) is 47.3 Å². The van der Waals surface area contributed by atoms with Crippen molar-refractivity contribution in [2.45, 2.75) is 44.8 Å². The number of piperazine rings is 1. The minimum absolute atomic E-state index is 0.0861. The van der Waals surface area contributed by atoms with E-state index in [2.05, 4.69) is 29.7 Å². The van der Waals surface area contributed by atoms with Crippen LogP contribution < -0.4 is 0 Å². The van der Waals surface area contributed by atoms with Gasteiger partial charge in [-0.3, -0.25) is 9.69 Å². The Balaban J connectivity index is 1.82. The molecular weight excluding hydrogens is 262 g/mol. The number of rotatable bonds is 2. The molecule has 21 heavy (non-hydrogen) atoms. The highest BCUT2D eigenvalue weighted by Crippen LogP contribution is 2.32. The van der Waals surface area contributed by atoms with Crippen LogP contribution in [0.5, 0.6) is 0 Å². The van der Waals surface area contributed by atoms with Gasteiger partial charge in [0.1, 0.15) is 0 Å². The molecule has 0 N–H and O–H groups in total. The van der Waals surface area contributed by atoms with Crippen LogP contribution in [0.15, 0.2) is 24.3 Å². The summed E-state index contributed by atoms with van der Waals surface area (Å²) in [5.41, 5.74) is 1.19. The summed E-state index contributed by atoms with van der Waals surface area (Å²) in [5.74, 6) is 0.0861. The molecule has 0 radical (unpaired) electrons. The van der Waals surface area contributed by atoms with Gasteiger partial charge in [-0.25, -0.2) is 0 Å².